The topological polar surface area (TPSA) is 53.4 Å². The minimum absolute atomic E-state index is 0.115. The zero-order chi connectivity index (χ0) is 19.6. The van der Waals surface area contributed by atoms with Gasteiger partial charge in [0, 0.05) is 41.9 Å². The lowest BCUT2D eigenvalue weighted by Crippen LogP contribution is -2.46. The van der Waals surface area contributed by atoms with Crippen LogP contribution in [-0.4, -0.2) is 39.6 Å². The van der Waals surface area contributed by atoms with Crippen molar-refractivity contribution in [3.8, 4) is 11.8 Å². The predicted molar refractivity (Wildman–Crippen MR) is 110 cm³/mol. The molecule has 140 valence electrons. The summed E-state index contributed by atoms with van der Waals surface area (Å²) in [6.07, 6.45) is 0.805. The highest BCUT2D eigenvalue weighted by atomic mass is 35.5. The smallest absolute Gasteiger partial charge is 0.272 e. The maximum Gasteiger partial charge on any atom is 0.272 e. The van der Waals surface area contributed by atoms with E-state index in [1.165, 1.54) is 0 Å². The molecule has 4 rings (SSSR count). The Hall–Kier alpha value is -2.87. The average molecular weight is 391 g/mol. The van der Waals surface area contributed by atoms with Gasteiger partial charge >= 0.3 is 0 Å². The van der Waals surface area contributed by atoms with Crippen molar-refractivity contribution in [3.05, 3.63) is 76.9 Å². The summed E-state index contributed by atoms with van der Waals surface area (Å²) in [5, 5.41) is 12.4. The molecular formula is C23H19ClN2O2. The number of aromatic nitrogens is 1. The van der Waals surface area contributed by atoms with E-state index in [-0.39, 0.29) is 5.91 Å². The van der Waals surface area contributed by atoms with E-state index in [1.807, 2.05) is 42.5 Å². The van der Waals surface area contributed by atoms with E-state index in [0.29, 0.717) is 36.6 Å². The first-order valence-corrected chi connectivity index (χ1v) is 9.56. The van der Waals surface area contributed by atoms with Crippen LogP contribution in [0.2, 0.25) is 5.02 Å². The van der Waals surface area contributed by atoms with Gasteiger partial charge in [-0.15, -0.1) is 0 Å². The molecule has 0 radical (unpaired) electrons. The van der Waals surface area contributed by atoms with Gasteiger partial charge in [0.1, 0.15) is 11.3 Å². The number of benzene rings is 2. The van der Waals surface area contributed by atoms with Crippen molar-refractivity contribution < 1.29 is 9.90 Å². The maximum atomic E-state index is 12.8. The summed E-state index contributed by atoms with van der Waals surface area (Å²) < 4.78 is 0. The highest BCUT2D eigenvalue weighted by Gasteiger charge is 2.33. The van der Waals surface area contributed by atoms with Gasteiger partial charge in [-0.25, -0.2) is 4.98 Å². The fourth-order valence-corrected chi connectivity index (χ4v) is 3.50. The summed E-state index contributed by atoms with van der Waals surface area (Å²) in [6.45, 7) is 0.877. The zero-order valence-electron chi connectivity index (χ0n) is 15.2. The molecule has 1 aliphatic rings. The van der Waals surface area contributed by atoms with E-state index in [9.17, 15) is 9.90 Å². The number of carbonyl (C=O) groups excluding carboxylic acids is 1. The molecule has 28 heavy (non-hydrogen) atoms. The number of piperidine rings is 1. The lowest BCUT2D eigenvalue weighted by Gasteiger charge is -2.34. The first kappa shape index (κ1) is 18.5. The molecule has 3 aromatic rings. The van der Waals surface area contributed by atoms with Crippen molar-refractivity contribution in [2.75, 3.05) is 13.1 Å². The standard InChI is InChI=1S/C23H19ClN2O2/c24-19-6-3-4-17(16-19)10-11-23(28)12-14-26(15-13-23)22(27)21-9-8-18-5-1-2-7-20(18)25-21/h1-9,16,28H,12-15H2. The van der Waals surface area contributed by atoms with E-state index in [4.69, 9.17) is 11.6 Å². The number of hydrogen-bond donors (Lipinski definition) is 1. The van der Waals surface area contributed by atoms with Crippen molar-refractivity contribution in [3.63, 3.8) is 0 Å². The van der Waals surface area contributed by atoms with Gasteiger partial charge in [0.05, 0.1) is 5.52 Å². The average Bonchev–Trinajstić information content (AvgIpc) is 2.72. The number of carbonyl (C=O) groups is 1. The van der Waals surface area contributed by atoms with Crippen LogP contribution in [0.3, 0.4) is 0 Å². The first-order chi connectivity index (χ1) is 13.5. The number of pyridine rings is 1. The zero-order valence-corrected chi connectivity index (χ0v) is 16.0. The summed E-state index contributed by atoms with van der Waals surface area (Å²) in [7, 11) is 0. The number of rotatable bonds is 1. The number of aliphatic hydroxyl groups is 1. The fraction of sp³-hybridized carbons (Fsp3) is 0.217. The molecule has 0 aliphatic carbocycles. The Bertz CT molecular complexity index is 1090. The third-order valence-electron chi connectivity index (χ3n) is 4.96. The normalized spacial score (nSPS) is 15.7. The number of amides is 1. The molecular weight excluding hydrogens is 372 g/mol. The molecule has 0 bridgehead atoms. The molecule has 0 unspecified atom stereocenters. The molecule has 0 atom stereocenters. The van der Waals surface area contributed by atoms with Crippen LogP contribution in [-0.2, 0) is 0 Å². The number of nitrogens with zero attached hydrogens (tertiary/aromatic N) is 2. The highest BCUT2D eigenvalue weighted by molar-refractivity contribution is 6.30. The molecule has 1 aliphatic heterocycles. The molecule has 0 saturated carbocycles. The van der Waals surface area contributed by atoms with Crippen LogP contribution >= 0.6 is 11.6 Å². The Balaban J connectivity index is 1.45. The second kappa shape index (κ2) is 7.63. The van der Waals surface area contributed by atoms with Crippen molar-refractivity contribution in [1.82, 2.24) is 9.88 Å². The number of hydrogen-bond acceptors (Lipinski definition) is 3. The molecule has 4 nitrogen and oxygen atoms in total. The van der Waals surface area contributed by atoms with E-state index < -0.39 is 5.60 Å². The van der Waals surface area contributed by atoms with Gasteiger partial charge in [0.2, 0.25) is 0 Å². The molecule has 5 heteroatoms. The van der Waals surface area contributed by atoms with Gasteiger partial charge in [-0.2, -0.15) is 0 Å². The lowest BCUT2D eigenvalue weighted by molar-refractivity contribution is 0.0246. The predicted octanol–water partition coefficient (Wildman–Crippen LogP) is 3.91. The van der Waals surface area contributed by atoms with Gasteiger partial charge in [-0.05, 0) is 30.3 Å². The lowest BCUT2D eigenvalue weighted by atomic mass is 9.91. The van der Waals surface area contributed by atoms with Gasteiger partial charge < -0.3 is 10.0 Å². The molecule has 1 aromatic heterocycles. The highest BCUT2D eigenvalue weighted by Crippen LogP contribution is 2.23. The van der Waals surface area contributed by atoms with E-state index >= 15 is 0 Å². The van der Waals surface area contributed by atoms with Crippen LogP contribution < -0.4 is 0 Å². The Morgan fingerprint density at radius 1 is 1.07 bits per heavy atom. The summed E-state index contributed by atoms with van der Waals surface area (Å²) in [5.74, 6) is 5.83. The second-order valence-corrected chi connectivity index (χ2v) is 7.41. The minimum atomic E-state index is -1.10. The van der Waals surface area contributed by atoms with Crippen LogP contribution in [0.1, 0.15) is 28.9 Å². The van der Waals surface area contributed by atoms with E-state index in [1.54, 1.807) is 23.1 Å². The van der Waals surface area contributed by atoms with Gasteiger partial charge in [0.25, 0.3) is 5.91 Å². The fourth-order valence-electron chi connectivity index (χ4n) is 3.31. The van der Waals surface area contributed by atoms with Crippen LogP contribution in [0.25, 0.3) is 10.9 Å². The van der Waals surface area contributed by atoms with Crippen molar-refractivity contribution in [2.45, 2.75) is 18.4 Å². The molecule has 1 saturated heterocycles. The molecule has 1 amide bonds. The van der Waals surface area contributed by atoms with Gasteiger partial charge in [-0.3, -0.25) is 4.79 Å². The number of halogens is 1. The Kier molecular flexibility index (Phi) is 5.04. The monoisotopic (exact) mass is 390 g/mol. The molecule has 1 fully saturated rings. The minimum Gasteiger partial charge on any atom is -0.377 e. The van der Waals surface area contributed by atoms with E-state index in [0.717, 1.165) is 16.5 Å². The second-order valence-electron chi connectivity index (χ2n) is 6.97. The number of para-hydroxylation sites is 1. The maximum absolute atomic E-state index is 12.8. The Morgan fingerprint density at radius 2 is 1.86 bits per heavy atom. The van der Waals surface area contributed by atoms with Crippen molar-refractivity contribution in [2.24, 2.45) is 0 Å². The summed E-state index contributed by atoms with van der Waals surface area (Å²) >= 11 is 5.97. The van der Waals surface area contributed by atoms with Crippen LogP contribution in [0, 0.1) is 11.8 Å². The van der Waals surface area contributed by atoms with Crippen molar-refractivity contribution in [1.29, 1.82) is 0 Å². The number of likely N-dealkylation sites (tertiary alicyclic amines) is 1. The SMILES string of the molecule is O=C(c1ccc2ccccc2n1)N1CCC(O)(C#Cc2cccc(Cl)c2)CC1. The summed E-state index contributed by atoms with van der Waals surface area (Å²) in [4.78, 5) is 19.0. The van der Waals surface area contributed by atoms with Gasteiger partial charge in [0.15, 0.2) is 0 Å². The number of fused-ring (bicyclic) bond motifs is 1. The van der Waals surface area contributed by atoms with Crippen molar-refractivity contribution >= 4 is 28.4 Å². The third kappa shape index (κ3) is 4.01. The largest absolute Gasteiger partial charge is 0.377 e. The third-order valence-corrected chi connectivity index (χ3v) is 5.19. The van der Waals surface area contributed by atoms with Crippen LogP contribution in [0.15, 0.2) is 60.7 Å². The summed E-state index contributed by atoms with van der Waals surface area (Å²) in [5.41, 5.74) is 0.888. The first-order valence-electron chi connectivity index (χ1n) is 9.19. The van der Waals surface area contributed by atoms with Crippen LogP contribution in [0.4, 0.5) is 0 Å². The van der Waals surface area contributed by atoms with Gasteiger partial charge in [-0.1, -0.05) is 53.8 Å². The Labute approximate surface area is 168 Å². The van der Waals surface area contributed by atoms with E-state index in [2.05, 4.69) is 16.8 Å². The molecule has 2 aromatic carbocycles. The molecule has 2 heterocycles. The Morgan fingerprint density at radius 3 is 2.64 bits per heavy atom. The molecule has 0 spiro atoms. The molecule has 1 N–H and O–H groups in total. The van der Waals surface area contributed by atoms with Crippen LogP contribution in [0.5, 0.6) is 0 Å². The summed E-state index contributed by atoms with van der Waals surface area (Å²) in [6, 6.07) is 18.6. The quantitative estimate of drug-likeness (QED) is 0.641.